The Kier molecular flexibility index (Phi) is 2.96. The molecule has 1 aliphatic carbocycles. The first kappa shape index (κ1) is 10.9. The molecule has 1 aliphatic heterocycles. The summed E-state index contributed by atoms with van der Waals surface area (Å²) < 4.78 is 5.45. The van der Waals surface area contributed by atoms with Gasteiger partial charge in [0.1, 0.15) is 0 Å². The van der Waals surface area contributed by atoms with E-state index in [1.807, 2.05) is 0 Å². The number of ketones is 1. The first-order valence-electron chi connectivity index (χ1n) is 5.96. The zero-order chi connectivity index (χ0) is 10.9. The highest BCUT2D eigenvalue weighted by atomic mass is 16.6. The molecule has 2 rings (SSSR count). The van der Waals surface area contributed by atoms with Crippen molar-refractivity contribution in [2.24, 2.45) is 5.92 Å². The Balaban J connectivity index is 1.91. The lowest BCUT2D eigenvalue weighted by molar-refractivity contribution is -0.128. The molecule has 1 saturated heterocycles. The van der Waals surface area contributed by atoms with Crippen molar-refractivity contribution in [3.05, 3.63) is 11.6 Å². The van der Waals surface area contributed by atoms with Crippen molar-refractivity contribution in [1.82, 2.24) is 0 Å². The van der Waals surface area contributed by atoms with E-state index in [0.717, 1.165) is 25.7 Å². The summed E-state index contributed by atoms with van der Waals surface area (Å²) in [5.74, 6) is 0.838. The molecule has 0 aromatic rings. The third-order valence-corrected chi connectivity index (χ3v) is 3.61. The van der Waals surface area contributed by atoms with E-state index in [4.69, 9.17) is 4.74 Å². The molecule has 1 spiro atoms. The molecule has 2 atom stereocenters. The smallest absolute Gasteiger partial charge is 0.167 e. The van der Waals surface area contributed by atoms with Gasteiger partial charge in [0.05, 0.1) is 6.61 Å². The monoisotopic (exact) mass is 208 g/mol. The number of hydrogen-bond donors (Lipinski definition) is 0. The van der Waals surface area contributed by atoms with Crippen LogP contribution in [0.5, 0.6) is 0 Å². The number of hydrogen-bond acceptors (Lipinski definition) is 2. The number of Topliss-reactive ketones (excluding diaryl/α,β-unsaturated/α-hetero) is 1. The molecular weight excluding hydrogens is 188 g/mol. The summed E-state index contributed by atoms with van der Waals surface area (Å²) >= 11 is 0. The van der Waals surface area contributed by atoms with Crippen LogP contribution in [0.3, 0.4) is 0 Å². The van der Waals surface area contributed by atoms with E-state index in [9.17, 15) is 4.79 Å². The van der Waals surface area contributed by atoms with Crippen molar-refractivity contribution in [1.29, 1.82) is 0 Å². The highest BCUT2D eigenvalue weighted by Gasteiger charge is 2.57. The third-order valence-electron chi connectivity index (χ3n) is 3.61. The predicted molar refractivity (Wildman–Crippen MR) is 59.7 cm³/mol. The summed E-state index contributed by atoms with van der Waals surface area (Å²) in [6, 6.07) is 0. The van der Waals surface area contributed by atoms with Crippen molar-refractivity contribution in [3.63, 3.8) is 0 Å². The lowest BCUT2D eigenvalue weighted by Gasteiger charge is -2.27. The molecule has 0 aromatic carbocycles. The van der Waals surface area contributed by atoms with E-state index in [1.54, 1.807) is 0 Å². The van der Waals surface area contributed by atoms with Crippen molar-refractivity contribution < 1.29 is 9.53 Å². The normalized spacial score (nSPS) is 34.3. The van der Waals surface area contributed by atoms with Crippen LogP contribution < -0.4 is 0 Å². The van der Waals surface area contributed by atoms with Gasteiger partial charge in [-0.2, -0.15) is 0 Å². The Bertz CT molecular complexity index is 283. The number of epoxide rings is 1. The van der Waals surface area contributed by atoms with Gasteiger partial charge in [0.15, 0.2) is 11.4 Å². The van der Waals surface area contributed by atoms with Gasteiger partial charge in [-0.05, 0) is 45.4 Å². The summed E-state index contributed by atoms with van der Waals surface area (Å²) in [6.07, 6.45) is 7.42. The molecule has 1 saturated carbocycles. The molecule has 1 heterocycles. The van der Waals surface area contributed by atoms with Gasteiger partial charge in [-0.15, -0.1) is 0 Å². The van der Waals surface area contributed by atoms with Gasteiger partial charge in [-0.25, -0.2) is 0 Å². The number of rotatable bonds is 3. The average Bonchev–Trinajstić information content (AvgIpc) is 2.94. The van der Waals surface area contributed by atoms with Crippen LogP contribution in [0, 0.1) is 5.92 Å². The fourth-order valence-electron chi connectivity index (χ4n) is 2.61. The summed E-state index contributed by atoms with van der Waals surface area (Å²) in [5, 5.41) is 0. The quantitative estimate of drug-likeness (QED) is 0.527. The van der Waals surface area contributed by atoms with Gasteiger partial charge >= 0.3 is 0 Å². The first-order valence-corrected chi connectivity index (χ1v) is 5.96. The molecule has 84 valence electrons. The minimum absolute atomic E-state index is 0.326. The highest BCUT2D eigenvalue weighted by molar-refractivity contribution is 5.90. The highest BCUT2D eigenvalue weighted by Crippen LogP contribution is 2.45. The zero-order valence-electron chi connectivity index (χ0n) is 9.71. The van der Waals surface area contributed by atoms with Gasteiger partial charge in [-0.1, -0.05) is 11.6 Å². The molecule has 2 fully saturated rings. The summed E-state index contributed by atoms with van der Waals surface area (Å²) in [7, 11) is 0. The van der Waals surface area contributed by atoms with E-state index in [1.165, 1.54) is 12.0 Å². The van der Waals surface area contributed by atoms with Crippen molar-refractivity contribution >= 4 is 5.78 Å². The minimum atomic E-state index is -0.326. The number of carbonyl (C=O) groups is 1. The molecule has 2 unspecified atom stereocenters. The van der Waals surface area contributed by atoms with Crippen LogP contribution in [0.2, 0.25) is 0 Å². The lowest BCUT2D eigenvalue weighted by atomic mass is 9.76. The fourth-order valence-corrected chi connectivity index (χ4v) is 2.61. The van der Waals surface area contributed by atoms with Gasteiger partial charge < -0.3 is 4.74 Å². The molecule has 0 bridgehead atoms. The maximum Gasteiger partial charge on any atom is 0.167 e. The van der Waals surface area contributed by atoms with E-state index >= 15 is 0 Å². The van der Waals surface area contributed by atoms with E-state index in [0.29, 0.717) is 18.3 Å². The average molecular weight is 208 g/mol. The molecule has 0 aromatic heterocycles. The minimum Gasteiger partial charge on any atom is -0.361 e. The van der Waals surface area contributed by atoms with Gasteiger partial charge in [-0.3, -0.25) is 4.79 Å². The van der Waals surface area contributed by atoms with E-state index in [2.05, 4.69) is 19.9 Å². The summed E-state index contributed by atoms with van der Waals surface area (Å²) in [6.45, 7) is 4.93. The Labute approximate surface area is 91.7 Å². The van der Waals surface area contributed by atoms with Gasteiger partial charge in [0.2, 0.25) is 0 Å². The SMILES string of the molecule is CC(C)=CCCC1CCCC(=O)C12CO2. The van der Waals surface area contributed by atoms with E-state index in [-0.39, 0.29) is 5.60 Å². The molecule has 0 N–H and O–H groups in total. The zero-order valence-corrected chi connectivity index (χ0v) is 9.71. The van der Waals surface area contributed by atoms with Crippen LogP contribution in [0.1, 0.15) is 46.0 Å². The Hall–Kier alpha value is -0.630. The second kappa shape index (κ2) is 4.09. The van der Waals surface area contributed by atoms with Gasteiger partial charge in [0.25, 0.3) is 0 Å². The largest absolute Gasteiger partial charge is 0.361 e. The van der Waals surface area contributed by atoms with Crippen LogP contribution >= 0.6 is 0 Å². The van der Waals surface area contributed by atoms with Crippen molar-refractivity contribution in [3.8, 4) is 0 Å². The molecule has 2 nitrogen and oxygen atoms in total. The van der Waals surface area contributed by atoms with Crippen LogP contribution in [-0.2, 0) is 9.53 Å². The molecule has 2 heteroatoms. The van der Waals surface area contributed by atoms with Crippen LogP contribution in [0.4, 0.5) is 0 Å². The maximum atomic E-state index is 11.7. The third kappa shape index (κ3) is 2.15. The second-order valence-electron chi connectivity index (χ2n) is 5.05. The number of carbonyl (C=O) groups excluding carboxylic acids is 1. The standard InChI is InChI=1S/C13H20O2/c1-10(2)5-3-6-11-7-4-8-12(14)13(11)9-15-13/h5,11H,3-4,6-9H2,1-2H3. The number of allylic oxidation sites excluding steroid dienone is 2. The van der Waals surface area contributed by atoms with Crippen LogP contribution in [0.15, 0.2) is 11.6 Å². The second-order valence-corrected chi connectivity index (χ2v) is 5.05. The molecular formula is C13H20O2. The Morgan fingerprint density at radius 3 is 2.93 bits per heavy atom. The maximum absolute atomic E-state index is 11.7. The summed E-state index contributed by atoms with van der Waals surface area (Å²) in [4.78, 5) is 11.7. The van der Waals surface area contributed by atoms with E-state index < -0.39 is 0 Å². The molecule has 2 aliphatic rings. The van der Waals surface area contributed by atoms with Crippen molar-refractivity contribution in [2.75, 3.05) is 6.61 Å². The fraction of sp³-hybridized carbons (Fsp3) is 0.769. The predicted octanol–water partition coefficient (Wildman–Crippen LogP) is 2.87. The molecule has 15 heavy (non-hydrogen) atoms. The van der Waals surface area contributed by atoms with Gasteiger partial charge in [0, 0.05) is 6.42 Å². The van der Waals surface area contributed by atoms with Crippen LogP contribution in [0.25, 0.3) is 0 Å². The first-order chi connectivity index (χ1) is 7.15. The summed E-state index contributed by atoms with van der Waals surface area (Å²) in [5.41, 5.74) is 1.04. The molecule has 0 amide bonds. The van der Waals surface area contributed by atoms with Crippen molar-refractivity contribution in [2.45, 2.75) is 51.6 Å². The number of ether oxygens (including phenoxy) is 1. The Morgan fingerprint density at radius 1 is 1.60 bits per heavy atom. The van der Waals surface area contributed by atoms with Crippen LogP contribution in [-0.4, -0.2) is 18.0 Å². The lowest BCUT2D eigenvalue weighted by Crippen LogP contribution is -2.37. The topological polar surface area (TPSA) is 29.6 Å². The Morgan fingerprint density at radius 2 is 2.33 bits per heavy atom. The molecule has 0 radical (unpaired) electrons.